The first-order chi connectivity index (χ1) is 13.7. The van der Waals surface area contributed by atoms with Gasteiger partial charge in [0.15, 0.2) is 6.10 Å². The van der Waals surface area contributed by atoms with E-state index >= 15 is 0 Å². The molecule has 0 aliphatic carbocycles. The van der Waals surface area contributed by atoms with E-state index in [1.165, 1.54) is 33.2 Å². The fourth-order valence-electron chi connectivity index (χ4n) is 4.44. The number of carbonyl (C=O) groups excluding carboxylic acids is 4. The van der Waals surface area contributed by atoms with E-state index in [1.54, 1.807) is 11.0 Å². The molecule has 9 nitrogen and oxygen atoms in total. The van der Waals surface area contributed by atoms with Gasteiger partial charge in [-0.1, -0.05) is 12.7 Å². The molecule has 29 heavy (non-hydrogen) atoms. The van der Waals surface area contributed by atoms with Crippen LogP contribution in [0.5, 0.6) is 0 Å². The first-order valence-corrected chi connectivity index (χ1v) is 9.29. The van der Waals surface area contributed by atoms with Crippen LogP contribution in [-0.4, -0.2) is 85.2 Å². The maximum absolute atomic E-state index is 12.8. The molecule has 0 unspecified atom stereocenters. The molecular weight excluding hydrogens is 380 g/mol. The highest BCUT2D eigenvalue weighted by atomic mass is 16.5. The van der Waals surface area contributed by atoms with Crippen LogP contribution >= 0.6 is 0 Å². The summed E-state index contributed by atoms with van der Waals surface area (Å²) in [5.74, 6) is -2.90. The molecule has 0 radical (unpaired) electrons. The largest absolute Gasteiger partial charge is 0.469 e. The second-order valence-electron chi connectivity index (χ2n) is 7.26. The van der Waals surface area contributed by atoms with Gasteiger partial charge in [-0.05, 0) is 25.8 Å². The summed E-state index contributed by atoms with van der Waals surface area (Å²) in [6.45, 7) is 9.07. The molecule has 0 aromatic heterocycles. The van der Waals surface area contributed by atoms with Crippen molar-refractivity contribution in [3.8, 4) is 0 Å². The molecule has 2 heterocycles. The normalized spacial score (nSPS) is 31.1. The molecule has 2 aliphatic rings. The predicted molar refractivity (Wildman–Crippen MR) is 102 cm³/mol. The lowest BCUT2D eigenvalue weighted by Crippen LogP contribution is -2.74. The quantitative estimate of drug-likeness (QED) is 0.246. The van der Waals surface area contributed by atoms with E-state index < -0.39 is 47.5 Å². The van der Waals surface area contributed by atoms with Crippen LogP contribution in [-0.2, 0) is 33.4 Å². The summed E-state index contributed by atoms with van der Waals surface area (Å²) < 4.78 is 15.2. The van der Waals surface area contributed by atoms with Crippen LogP contribution in [0, 0.1) is 5.92 Å². The lowest BCUT2D eigenvalue weighted by atomic mass is 9.83. The molecule has 2 saturated heterocycles. The molecule has 0 aromatic rings. The number of ether oxygens (including phenoxy) is 3. The Hall–Kier alpha value is -2.68. The SMILES string of the molecule is C=CCCN1C(=O)[C@H](OC)[C@@H]1[C@H]1[C@@H](C(=O)OC)C[C@@](C)(C(=O)OC)N1C(=O)C=C. The molecule has 0 saturated carbocycles. The molecule has 2 aliphatic heterocycles. The summed E-state index contributed by atoms with van der Waals surface area (Å²) in [6, 6.07) is -1.48. The first-order valence-electron chi connectivity index (χ1n) is 9.29. The summed E-state index contributed by atoms with van der Waals surface area (Å²) in [7, 11) is 3.84. The summed E-state index contributed by atoms with van der Waals surface area (Å²) in [5, 5.41) is 0. The lowest BCUT2D eigenvalue weighted by molar-refractivity contribution is -0.183. The number of β-lactam (4-membered cyclic amide) rings is 1. The third-order valence-corrected chi connectivity index (χ3v) is 5.78. The zero-order valence-corrected chi connectivity index (χ0v) is 17.3. The van der Waals surface area contributed by atoms with Crippen LogP contribution < -0.4 is 0 Å². The number of amides is 2. The van der Waals surface area contributed by atoms with E-state index in [0.717, 1.165) is 6.08 Å². The third-order valence-electron chi connectivity index (χ3n) is 5.78. The van der Waals surface area contributed by atoms with Gasteiger partial charge in [-0.2, -0.15) is 0 Å². The lowest BCUT2D eigenvalue weighted by Gasteiger charge is -2.52. The number of likely N-dealkylation sites (tertiary alicyclic amines) is 2. The van der Waals surface area contributed by atoms with E-state index in [9.17, 15) is 19.2 Å². The van der Waals surface area contributed by atoms with E-state index in [1.807, 2.05) is 0 Å². The van der Waals surface area contributed by atoms with Gasteiger partial charge in [-0.15, -0.1) is 6.58 Å². The van der Waals surface area contributed by atoms with Gasteiger partial charge in [-0.25, -0.2) is 4.79 Å². The number of esters is 2. The number of hydrogen-bond donors (Lipinski definition) is 0. The molecule has 0 spiro atoms. The number of methoxy groups -OCH3 is 3. The second-order valence-corrected chi connectivity index (χ2v) is 7.26. The molecule has 160 valence electrons. The minimum Gasteiger partial charge on any atom is -0.469 e. The average Bonchev–Trinajstić information content (AvgIpc) is 3.03. The minimum absolute atomic E-state index is 0.00693. The molecule has 0 aromatic carbocycles. The average molecular weight is 408 g/mol. The Bertz CT molecular complexity index is 722. The molecule has 5 atom stereocenters. The van der Waals surface area contributed by atoms with Gasteiger partial charge >= 0.3 is 11.9 Å². The van der Waals surface area contributed by atoms with Crippen molar-refractivity contribution in [1.29, 1.82) is 0 Å². The molecule has 0 N–H and O–H groups in total. The topological polar surface area (TPSA) is 102 Å². The van der Waals surface area contributed by atoms with Crippen molar-refractivity contribution in [2.24, 2.45) is 5.92 Å². The molecular formula is C20H28N2O7. The zero-order chi connectivity index (χ0) is 21.9. The van der Waals surface area contributed by atoms with Crippen LogP contribution in [0.2, 0.25) is 0 Å². The van der Waals surface area contributed by atoms with Crippen molar-refractivity contribution < 1.29 is 33.4 Å². The van der Waals surface area contributed by atoms with Crippen LogP contribution in [0.4, 0.5) is 0 Å². The fraction of sp³-hybridized carbons (Fsp3) is 0.600. The van der Waals surface area contributed by atoms with Gasteiger partial charge in [0.1, 0.15) is 5.54 Å². The predicted octanol–water partition coefficient (Wildman–Crippen LogP) is 0.296. The highest BCUT2D eigenvalue weighted by Crippen LogP contribution is 2.45. The van der Waals surface area contributed by atoms with E-state index in [-0.39, 0.29) is 12.3 Å². The number of carbonyl (C=O) groups is 4. The standard InChI is InChI=1S/C20H28N2O7/c1-7-9-10-21-15(16(27-4)17(21)24)14-12(18(25)28-5)11-20(3,19(26)29-6)22(14)13(23)8-2/h7-8,12,14-16H,1-2,9-11H2,3-6H3/t12-,14+,15-,16+,20-/m0/s1. The van der Waals surface area contributed by atoms with Gasteiger partial charge < -0.3 is 24.0 Å². The minimum atomic E-state index is -1.43. The summed E-state index contributed by atoms with van der Waals surface area (Å²) in [4.78, 5) is 53.5. The highest BCUT2D eigenvalue weighted by Gasteiger charge is 2.65. The van der Waals surface area contributed by atoms with Gasteiger partial charge in [-0.3, -0.25) is 14.4 Å². The Morgan fingerprint density at radius 3 is 2.31 bits per heavy atom. The van der Waals surface area contributed by atoms with Crippen LogP contribution in [0.3, 0.4) is 0 Å². The summed E-state index contributed by atoms with van der Waals surface area (Å²) >= 11 is 0. The van der Waals surface area contributed by atoms with Crippen LogP contribution in [0.25, 0.3) is 0 Å². The van der Waals surface area contributed by atoms with E-state index in [4.69, 9.17) is 14.2 Å². The number of rotatable bonds is 8. The maximum Gasteiger partial charge on any atom is 0.331 e. The van der Waals surface area contributed by atoms with Gasteiger partial charge in [0.05, 0.1) is 32.2 Å². The monoisotopic (exact) mass is 408 g/mol. The second kappa shape index (κ2) is 8.77. The van der Waals surface area contributed by atoms with Crippen molar-refractivity contribution in [3.63, 3.8) is 0 Å². The molecule has 2 amide bonds. The Morgan fingerprint density at radius 1 is 1.17 bits per heavy atom. The van der Waals surface area contributed by atoms with Crippen molar-refractivity contribution in [2.75, 3.05) is 27.9 Å². The molecule has 9 heteroatoms. The van der Waals surface area contributed by atoms with Crippen molar-refractivity contribution in [2.45, 2.75) is 43.5 Å². The van der Waals surface area contributed by atoms with Crippen molar-refractivity contribution in [1.82, 2.24) is 9.80 Å². The van der Waals surface area contributed by atoms with Crippen LogP contribution in [0.1, 0.15) is 19.8 Å². The summed E-state index contributed by atoms with van der Waals surface area (Å²) in [5.41, 5.74) is -1.43. The summed E-state index contributed by atoms with van der Waals surface area (Å²) in [6.07, 6.45) is 2.41. The molecule has 2 fully saturated rings. The smallest absolute Gasteiger partial charge is 0.331 e. The number of hydrogen-bond acceptors (Lipinski definition) is 7. The fourth-order valence-corrected chi connectivity index (χ4v) is 4.44. The first kappa shape index (κ1) is 22.6. The zero-order valence-electron chi connectivity index (χ0n) is 17.3. The van der Waals surface area contributed by atoms with Crippen molar-refractivity contribution >= 4 is 23.8 Å². The van der Waals surface area contributed by atoms with Crippen LogP contribution in [0.15, 0.2) is 25.3 Å². The van der Waals surface area contributed by atoms with E-state index in [0.29, 0.717) is 13.0 Å². The van der Waals surface area contributed by atoms with Gasteiger partial charge in [0.2, 0.25) is 5.91 Å². The van der Waals surface area contributed by atoms with Gasteiger partial charge in [0.25, 0.3) is 5.91 Å². The number of nitrogens with zero attached hydrogens (tertiary/aromatic N) is 2. The van der Waals surface area contributed by atoms with Gasteiger partial charge in [0, 0.05) is 13.7 Å². The Kier molecular flexibility index (Phi) is 6.84. The Labute approximate surface area is 170 Å². The Balaban J connectivity index is 2.60. The van der Waals surface area contributed by atoms with Crippen molar-refractivity contribution in [3.05, 3.63) is 25.3 Å². The molecule has 0 bridgehead atoms. The molecule has 2 rings (SSSR count). The highest BCUT2D eigenvalue weighted by molar-refractivity contribution is 5.97. The third kappa shape index (κ3) is 3.55. The van der Waals surface area contributed by atoms with E-state index in [2.05, 4.69) is 13.2 Å². The Morgan fingerprint density at radius 2 is 1.83 bits per heavy atom. The maximum atomic E-state index is 12.8.